The maximum Gasteiger partial charge on any atom is 0.122 e. The van der Waals surface area contributed by atoms with E-state index >= 15 is 0 Å². The summed E-state index contributed by atoms with van der Waals surface area (Å²) in [6.45, 7) is 1.78. The summed E-state index contributed by atoms with van der Waals surface area (Å²) in [5.74, 6) is 1.61. The lowest BCUT2D eigenvalue weighted by molar-refractivity contribution is 0.185. The van der Waals surface area contributed by atoms with Gasteiger partial charge in [-0.2, -0.15) is 0 Å². The zero-order valence-corrected chi connectivity index (χ0v) is 11.1. The molecule has 0 bridgehead atoms. The van der Waals surface area contributed by atoms with Crippen LogP contribution in [0.25, 0.3) is 0 Å². The van der Waals surface area contributed by atoms with Gasteiger partial charge in [0.05, 0.1) is 13.7 Å². The average molecular weight is 285 g/mol. The van der Waals surface area contributed by atoms with Gasteiger partial charge >= 0.3 is 0 Å². The molecular weight excluding hydrogens is 268 g/mol. The van der Waals surface area contributed by atoms with E-state index in [-0.39, 0.29) is 0 Å². The summed E-state index contributed by atoms with van der Waals surface area (Å²) in [5.41, 5.74) is 1.26. The van der Waals surface area contributed by atoms with E-state index in [0.717, 1.165) is 31.8 Å². The summed E-state index contributed by atoms with van der Waals surface area (Å²) in [6, 6.07) is 8.20. The van der Waals surface area contributed by atoms with Gasteiger partial charge in [0.2, 0.25) is 0 Å². The first-order valence-corrected chi connectivity index (χ1v) is 6.56. The van der Waals surface area contributed by atoms with Crippen molar-refractivity contribution < 1.29 is 9.47 Å². The maximum absolute atomic E-state index is 5.41. The summed E-state index contributed by atoms with van der Waals surface area (Å²) in [7, 11) is 1.72. The molecule has 0 amide bonds. The Kier molecular flexibility index (Phi) is 4.24. The Morgan fingerprint density at radius 3 is 3.00 bits per heavy atom. The van der Waals surface area contributed by atoms with Crippen molar-refractivity contribution in [2.45, 2.75) is 17.7 Å². The third-order valence-electron chi connectivity index (χ3n) is 3.08. The van der Waals surface area contributed by atoms with Crippen LogP contribution in [0.2, 0.25) is 0 Å². The smallest absolute Gasteiger partial charge is 0.122 e. The minimum absolute atomic E-state index is 0.478. The summed E-state index contributed by atoms with van der Waals surface area (Å²) in [4.78, 5) is 0.478. The average Bonchev–Trinajstić information content (AvgIpc) is 2.83. The molecule has 1 aliphatic rings. The van der Waals surface area contributed by atoms with Crippen LogP contribution in [-0.2, 0) is 11.2 Å². The van der Waals surface area contributed by atoms with Gasteiger partial charge in [-0.05, 0) is 30.4 Å². The molecule has 1 saturated heterocycles. The lowest BCUT2D eigenvalue weighted by Crippen LogP contribution is -2.17. The van der Waals surface area contributed by atoms with Crippen molar-refractivity contribution in [1.29, 1.82) is 0 Å². The van der Waals surface area contributed by atoms with Crippen molar-refractivity contribution in [3.05, 3.63) is 29.8 Å². The van der Waals surface area contributed by atoms with E-state index in [1.54, 1.807) is 7.11 Å². The monoisotopic (exact) mass is 284 g/mol. The highest BCUT2D eigenvalue weighted by molar-refractivity contribution is 9.09. The van der Waals surface area contributed by atoms with E-state index in [1.165, 1.54) is 5.56 Å². The number of hydrogen-bond donors (Lipinski definition) is 0. The van der Waals surface area contributed by atoms with Crippen molar-refractivity contribution >= 4 is 15.9 Å². The standard InChI is InChI=1S/C13H17BrO2/c1-15-13-5-3-2-4-10(13)8-12(14)11-6-7-16-9-11/h2-5,11-12H,6-9H2,1H3. The predicted molar refractivity (Wildman–Crippen MR) is 68.3 cm³/mol. The van der Waals surface area contributed by atoms with Gasteiger partial charge in [0.1, 0.15) is 5.75 Å². The molecular formula is C13H17BrO2. The summed E-state index contributed by atoms with van der Waals surface area (Å²) >= 11 is 3.77. The first kappa shape index (κ1) is 11.9. The van der Waals surface area contributed by atoms with Crippen LogP contribution in [-0.4, -0.2) is 25.2 Å². The Labute approximate surface area is 105 Å². The number of para-hydroxylation sites is 1. The van der Waals surface area contributed by atoms with Crippen molar-refractivity contribution in [2.24, 2.45) is 5.92 Å². The van der Waals surface area contributed by atoms with Crippen LogP contribution in [0.4, 0.5) is 0 Å². The summed E-state index contributed by atoms with van der Waals surface area (Å²) in [5, 5.41) is 0. The highest BCUT2D eigenvalue weighted by atomic mass is 79.9. The first-order valence-electron chi connectivity index (χ1n) is 5.65. The Bertz CT molecular complexity index is 334. The minimum Gasteiger partial charge on any atom is -0.496 e. The van der Waals surface area contributed by atoms with Gasteiger partial charge in [0.15, 0.2) is 0 Å². The Morgan fingerprint density at radius 2 is 2.31 bits per heavy atom. The van der Waals surface area contributed by atoms with E-state index < -0.39 is 0 Å². The zero-order chi connectivity index (χ0) is 11.4. The SMILES string of the molecule is COc1ccccc1CC(Br)C1CCOC1. The summed E-state index contributed by atoms with van der Waals surface area (Å²) in [6.07, 6.45) is 2.16. The number of alkyl halides is 1. The Balaban J connectivity index is 2.01. The lowest BCUT2D eigenvalue weighted by atomic mass is 9.98. The molecule has 0 radical (unpaired) electrons. The van der Waals surface area contributed by atoms with E-state index in [1.807, 2.05) is 12.1 Å². The first-order chi connectivity index (χ1) is 7.81. The van der Waals surface area contributed by atoms with Crippen LogP contribution < -0.4 is 4.74 Å². The van der Waals surface area contributed by atoms with Gasteiger partial charge in [0.25, 0.3) is 0 Å². The molecule has 1 fully saturated rings. The molecule has 0 saturated carbocycles. The third-order valence-corrected chi connectivity index (χ3v) is 4.16. The fourth-order valence-electron chi connectivity index (χ4n) is 2.09. The molecule has 1 aliphatic heterocycles. The van der Waals surface area contributed by atoms with Gasteiger partial charge in [0, 0.05) is 11.4 Å². The van der Waals surface area contributed by atoms with Crippen LogP contribution in [0, 0.1) is 5.92 Å². The number of halogens is 1. The highest BCUT2D eigenvalue weighted by Crippen LogP contribution is 2.28. The van der Waals surface area contributed by atoms with Gasteiger partial charge < -0.3 is 9.47 Å². The number of benzene rings is 1. The second-order valence-electron chi connectivity index (χ2n) is 4.16. The zero-order valence-electron chi connectivity index (χ0n) is 9.49. The van der Waals surface area contributed by atoms with Gasteiger partial charge in [-0.15, -0.1) is 0 Å². The fraction of sp³-hybridized carbons (Fsp3) is 0.538. The molecule has 0 spiro atoms. The van der Waals surface area contributed by atoms with E-state index in [9.17, 15) is 0 Å². The topological polar surface area (TPSA) is 18.5 Å². The Hall–Kier alpha value is -0.540. The van der Waals surface area contributed by atoms with Gasteiger partial charge in [-0.25, -0.2) is 0 Å². The van der Waals surface area contributed by atoms with Crippen LogP contribution in [0.5, 0.6) is 5.75 Å². The van der Waals surface area contributed by atoms with Crippen LogP contribution in [0.3, 0.4) is 0 Å². The van der Waals surface area contributed by atoms with E-state index in [2.05, 4.69) is 28.1 Å². The highest BCUT2D eigenvalue weighted by Gasteiger charge is 2.24. The molecule has 0 aromatic heterocycles. The minimum atomic E-state index is 0.478. The fourth-order valence-corrected chi connectivity index (χ4v) is 2.85. The van der Waals surface area contributed by atoms with E-state index in [0.29, 0.717) is 10.7 Å². The number of rotatable bonds is 4. The predicted octanol–water partition coefficient (Wildman–Crippen LogP) is 3.04. The Morgan fingerprint density at radius 1 is 1.50 bits per heavy atom. The molecule has 3 heteroatoms. The van der Waals surface area contributed by atoms with Crippen molar-refractivity contribution in [3.8, 4) is 5.75 Å². The van der Waals surface area contributed by atoms with Gasteiger partial charge in [-0.3, -0.25) is 0 Å². The van der Waals surface area contributed by atoms with Crippen LogP contribution in [0.15, 0.2) is 24.3 Å². The second-order valence-corrected chi connectivity index (χ2v) is 5.33. The molecule has 2 nitrogen and oxygen atoms in total. The molecule has 1 aromatic rings. The molecule has 16 heavy (non-hydrogen) atoms. The molecule has 2 unspecified atom stereocenters. The largest absolute Gasteiger partial charge is 0.496 e. The normalized spacial score (nSPS) is 22.0. The molecule has 0 N–H and O–H groups in total. The number of ether oxygens (including phenoxy) is 2. The molecule has 2 rings (SSSR count). The molecule has 2 atom stereocenters. The number of methoxy groups -OCH3 is 1. The van der Waals surface area contributed by atoms with Crippen molar-refractivity contribution in [1.82, 2.24) is 0 Å². The van der Waals surface area contributed by atoms with Crippen LogP contribution in [0.1, 0.15) is 12.0 Å². The van der Waals surface area contributed by atoms with E-state index in [4.69, 9.17) is 9.47 Å². The number of hydrogen-bond acceptors (Lipinski definition) is 2. The van der Waals surface area contributed by atoms with Crippen LogP contribution >= 0.6 is 15.9 Å². The molecule has 1 aromatic carbocycles. The maximum atomic E-state index is 5.41. The molecule has 88 valence electrons. The second kappa shape index (κ2) is 5.69. The molecule has 0 aliphatic carbocycles. The van der Waals surface area contributed by atoms with Gasteiger partial charge in [-0.1, -0.05) is 34.1 Å². The van der Waals surface area contributed by atoms with Crippen molar-refractivity contribution in [2.75, 3.05) is 20.3 Å². The molecule has 1 heterocycles. The quantitative estimate of drug-likeness (QED) is 0.792. The van der Waals surface area contributed by atoms with Crippen molar-refractivity contribution in [3.63, 3.8) is 0 Å². The lowest BCUT2D eigenvalue weighted by Gasteiger charge is -2.17. The third kappa shape index (κ3) is 2.77. The summed E-state index contributed by atoms with van der Waals surface area (Å²) < 4.78 is 10.8.